The van der Waals surface area contributed by atoms with Gasteiger partial charge in [-0.1, -0.05) is 12.1 Å². The topological polar surface area (TPSA) is 53.0 Å². The Kier molecular flexibility index (Phi) is 6.59. The molecule has 28 heavy (non-hydrogen) atoms. The third kappa shape index (κ3) is 5.05. The highest BCUT2D eigenvalue weighted by Gasteiger charge is 2.31. The molecular weight excluding hydrogens is 366 g/mol. The molecule has 0 amide bonds. The molecule has 7 heteroatoms. The van der Waals surface area contributed by atoms with Gasteiger partial charge < -0.3 is 14.7 Å². The van der Waals surface area contributed by atoms with E-state index >= 15 is 0 Å². The minimum Gasteiger partial charge on any atom is -0.480 e. The van der Waals surface area contributed by atoms with E-state index in [4.69, 9.17) is 9.84 Å². The molecule has 1 heterocycles. The third-order valence-corrected chi connectivity index (χ3v) is 5.02. The van der Waals surface area contributed by atoms with Gasteiger partial charge in [0.25, 0.3) is 0 Å². The smallest absolute Gasteiger partial charge is 0.329 e. The average Bonchev–Trinajstić information content (AvgIpc) is 2.68. The minimum atomic E-state index is -0.997. The number of nitrogens with zero attached hydrogens (tertiary/aromatic N) is 2. The predicted octanol–water partition coefficient (Wildman–Crippen LogP) is 3.32. The summed E-state index contributed by atoms with van der Waals surface area (Å²) < 4.78 is 31.9. The Morgan fingerprint density at radius 2 is 1.71 bits per heavy atom. The molecule has 2 aromatic rings. The van der Waals surface area contributed by atoms with E-state index in [0.29, 0.717) is 13.2 Å². The van der Waals surface area contributed by atoms with Gasteiger partial charge in [-0.25, -0.2) is 13.6 Å². The van der Waals surface area contributed by atoms with Crippen LogP contribution in [0.5, 0.6) is 0 Å². The lowest BCUT2D eigenvalue weighted by atomic mass is 10.00. The van der Waals surface area contributed by atoms with Gasteiger partial charge in [-0.15, -0.1) is 0 Å². The van der Waals surface area contributed by atoms with E-state index in [0.717, 1.165) is 24.3 Å². The Labute approximate surface area is 163 Å². The lowest BCUT2D eigenvalue weighted by molar-refractivity contribution is -0.142. The zero-order valence-electron chi connectivity index (χ0n) is 15.7. The van der Waals surface area contributed by atoms with Gasteiger partial charge in [-0.05, 0) is 48.9 Å². The number of piperazine rings is 1. The van der Waals surface area contributed by atoms with Gasteiger partial charge in [0.2, 0.25) is 0 Å². The Bertz CT molecular complexity index is 783. The van der Waals surface area contributed by atoms with E-state index in [1.54, 1.807) is 24.3 Å². The normalized spacial score (nSPS) is 18.8. The first kappa shape index (κ1) is 20.2. The predicted molar refractivity (Wildman–Crippen MR) is 102 cm³/mol. The fourth-order valence-electron chi connectivity index (χ4n) is 3.61. The van der Waals surface area contributed by atoms with E-state index in [9.17, 15) is 13.6 Å². The van der Waals surface area contributed by atoms with Crippen LogP contribution in [0.25, 0.3) is 0 Å². The van der Waals surface area contributed by atoms with Crippen LogP contribution in [-0.4, -0.2) is 54.9 Å². The third-order valence-electron chi connectivity index (χ3n) is 5.02. The van der Waals surface area contributed by atoms with E-state index in [1.807, 2.05) is 6.92 Å². The van der Waals surface area contributed by atoms with Crippen molar-refractivity contribution in [3.8, 4) is 0 Å². The SMILES string of the molecule is CC(COCC(=O)O)N1CCN(c2ccc(F)cc2)CC1c1ccc(F)cc1. The molecule has 1 N–H and O–H groups in total. The molecule has 1 aliphatic heterocycles. The summed E-state index contributed by atoms with van der Waals surface area (Å²) in [6.07, 6.45) is 0. The van der Waals surface area contributed by atoms with Gasteiger partial charge in [0.1, 0.15) is 18.2 Å². The van der Waals surface area contributed by atoms with Crippen LogP contribution in [0.1, 0.15) is 18.5 Å². The molecule has 150 valence electrons. The summed E-state index contributed by atoms with van der Waals surface area (Å²) in [6.45, 7) is 4.07. The maximum absolute atomic E-state index is 13.4. The molecule has 3 rings (SSSR count). The summed E-state index contributed by atoms with van der Waals surface area (Å²) in [5.74, 6) is -1.57. The maximum Gasteiger partial charge on any atom is 0.329 e. The number of carboxylic acids is 1. The lowest BCUT2D eigenvalue weighted by Gasteiger charge is -2.45. The number of halogens is 2. The van der Waals surface area contributed by atoms with Gasteiger partial charge in [-0.3, -0.25) is 4.90 Å². The largest absolute Gasteiger partial charge is 0.480 e. The van der Waals surface area contributed by atoms with Crippen LogP contribution in [-0.2, 0) is 9.53 Å². The van der Waals surface area contributed by atoms with Crippen molar-refractivity contribution in [2.75, 3.05) is 37.7 Å². The summed E-state index contributed by atoms with van der Waals surface area (Å²) >= 11 is 0. The number of carboxylic acid groups (broad SMARTS) is 1. The Hall–Kier alpha value is -2.51. The number of ether oxygens (including phenoxy) is 1. The van der Waals surface area contributed by atoms with Crippen LogP contribution >= 0.6 is 0 Å². The molecule has 5 nitrogen and oxygen atoms in total. The summed E-state index contributed by atoms with van der Waals surface area (Å²) in [7, 11) is 0. The van der Waals surface area contributed by atoms with Crippen molar-refractivity contribution < 1.29 is 23.4 Å². The van der Waals surface area contributed by atoms with Gasteiger partial charge in [0.15, 0.2) is 0 Å². The Morgan fingerprint density at radius 1 is 1.11 bits per heavy atom. The fourth-order valence-corrected chi connectivity index (χ4v) is 3.61. The highest BCUT2D eigenvalue weighted by Crippen LogP contribution is 2.30. The van der Waals surface area contributed by atoms with Crippen LogP contribution in [0.2, 0.25) is 0 Å². The molecule has 0 saturated carbocycles. The molecule has 0 spiro atoms. The molecule has 1 fully saturated rings. The van der Waals surface area contributed by atoms with Crippen LogP contribution in [0.4, 0.5) is 14.5 Å². The van der Waals surface area contributed by atoms with Crippen molar-refractivity contribution in [2.45, 2.75) is 19.0 Å². The van der Waals surface area contributed by atoms with Crippen LogP contribution in [0.3, 0.4) is 0 Å². The molecule has 2 atom stereocenters. The number of benzene rings is 2. The highest BCUT2D eigenvalue weighted by molar-refractivity contribution is 5.68. The Morgan fingerprint density at radius 3 is 2.32 bits per heavy atom. The molecule has 1 aliphatic rings. The number of hydrogen-bond acceptors (Lipinski definition) is 4. The number of carbonyl (C=O) groups is 1. The monoisotopic (exact) mass is 390 g/mol. The van der Waals surface area contributed by atoms with Gasteiger partial charge in [-0.2, -0.15) is 0 Å². The zero-order chi connectivity index (χ0) is 20.1. The van der Waals surface area contributed by atoms with Gasteiger partial charge in [0.05, 0.1) is 12.6 Å². The number of aliphatic carboxylic acids is 1. The van der Waals surface area contributed by atoms with Crippen molar-refractivity contribution in [3.63, 3.8) is 0 Å². The first-order valence-electron chi connectivity index (χ1n) is 9.25. The molecule has 2 aromatic carbocycles. The first-order chi connectivity index (χ1) is 13.4. The van der Waals surface area contributed by atoms with Crippen molar-refractivity contribution in [3.05, 3.63) is 65.7 Å². The second-order valence-corrected chi connectivity index (χ2v) is 6.99. The van der Waals surface area contributed by atoms with Gasteiger partial charge in [0, 0.05) is 31.4 Å². The average molecular weight is 390 g/mol. The van der Waals surface area contributed by atoms with E-state index < -0.39 is 5.97 Å². The van der Waals surface area contributed by atoms with Crippen molar-refractivity contribution in [1.82, 2.24) is 4.90 Å². The van der Waals surface area contributed by atoms with E-state index in [2.05, 4.69) is 9.80 Å². The summed E-state index contributed by atoms with van der Waals surface area (Å²) in [5, 5.41) is 8.77. The maximum atomic E-state index is 13.4. The van der Waals surface area contributed by atoms with E-state index in [1.165, 1.54) is 24.3 Å². The lowest BCUT2D eigenvalue weighted by Crippen LogP contribution is -2.52. The fraction of sp³-hybridized carbons (Fsp3) is 0.381. The van der Waals surface area contributed by atoms with Crippen LogP contribution < -0.4 is 4.90 Å². The molecule has 0 aromatic heterocycles. The highest BCUT2D eigenvalue weighted by atomic mass is 19.1. The molecule has 0 aliphatic carbocycles. The van der Waals surface area contributed by atoms with Crippen molar-refractivity contribution in [2.24, 2.45) is 0 Å². The van der Waals surface area contributed by atoms with E-state index in [-0.39, 0.29) is 30.3 Å². The quantitative estimate of drug-likeness (QED) is 0.786. The van der Waals surface area contributed by atoms with Crippen molar-refractivity contribution in [1.29, 1.82) is 0 Å². The standard InChI is InChI=1S/C21H24F2N2O3/c1-15(13-28-14-21(26)27)25-11-10-24(19-8-6-18(23)7-9-19)12-20(25)16-2-4-17(22)5-3-16/h2-9,15,20H,10-14H2,1H3,(H,26,27). The number of anilines is 1. The number of hydrogen-bond donors (Lipinski definition) is 1. The van der Waals surface area contributed by atoms with Crippen LogP contribution in [0.15, 0.2) is 48.5 Å². The Balaban J connectivity index is 1.78. The molecule has 2 unspecified atom stereocenters. The second kappa shape index (κ2) is 9.12. The summed E-state index contributed by atoms with van der Waals surface area (Å²) in [6, 6.07) is 12.8. The zero-order valence-corrected chi connectivity index (χ0v) is 15.7. The summed E-state index contributed by atoms with van der Waals surface area (Å²) in [4.78, 5) is 15.1. The minimum absolute atomic E-state index is 0.00947. The van der Waals surface area contributed by atoms with Crippen molar-refractivity contribution >= 4 is 11.7 Å². The molecule has 1 saturated heterocycles. The molecule has 0 radical (unpaired) electrons. The first-order valence-corrected chi connectivity index (χ1v) is 9.25. The van der Waals surface area contributed by atoms with Gasteiger partial charge >= 0.3 is 5.97 Å². The second-order valence-electron chi connectivity index (χ2n) is 6.99. The molecular formula is C21H24F2N2O3. The number of rotatable bonds is 7. The molecule has 0 bridgehead atoms. The van der Waals surface area contributed by atoms with Crippen LogP contribution in [0, 0.1) is 11.6 Å². The summed E-state index contributed by atoms with van der Waals surface area (Å²) in [5.41, 5.74) is 1.90.